The highest BCUT2D eigenvalue weighted by Gasteiger charge is 2.40. The first-order chi connectivity index (χ1) is 14.4. The molecule has 0 bridgehead atoms. The summed E-state index contributed by atoms with van der Waals surface area (Å²) in [5.41, 5.74) is 0. The molecule has 30 heavy (non-hydrogen) atoms. The topological polar surface area (TPSA) is 111 Å². The fraction of sp³-hybridized carbons (Fsp3) is 0.810. The summed E-state index contributed by atoms with van der Waals surface area (Å²) in [5, 5.41) is 8.41. The van der Waals surface area contributed by atoms with Crippen molar-refractivity contribution < 1.29 is 19.2 Å². The van der Waals surface area contributed by atoms with E-state index in [1.54, 1.807) is 4.90 Å². The average molecular weight is 422 g/mol. The molecule has 3 fully saturated rings. The Labute approximate surface area is 178 Å². The second-order valence-electron chi connectivity index (χ2n) is 8.93. The normalized spacial score (nSPS) is 25.6. The second kappa shape index (κ2) is 10.1. The SMILES string of the molecule is CC(C)NC(=O)N1CCN(C(=O)C2CCCCC2)CC1C(=O)NC1CCCNC1=O. The molecule has 0 aromatic heterocycles. The van der Waals surface area contributed by atoms with Gasteiger partial charge in [0.15, 0.2) is 0 Å². The molecular weight excluding hydrogens is 386 g/mol. The summed E-state index contributed by atoms with van der Waals surface area (Å²) in [6.45, 7) is 5.23. The first-order valence-corrected chi connectivity index (χ1v) is 11.3. The van der Waals surface area contributed by atoms with Crippen LogP contribution in [0.4, 0.5) is 4.79 Å². The predicted molar refractivity (Wildman–Crippen MR) is 111 cm³/mol. The number of piperazine rings is 1. The van der Waals surface area contributed by atoms with Crippen molar-refractivity contribution in [2.75, 3.05) is 26.2 Å². The van der Waals surface area contributed by atoms with Crippen LogP contribution in [0.5, 0.6) is 0 Å². The molecule has 5 amide bonds. The van der Waals surface area contributed by atoms with Gasteiger partial charge in [0, 0.05) is 31.6 Å². The molecule has 2 saturated heterocycles. The van der Waals surface area contributed by atoms with Crippen LogP contribution >= 0.6 is 0 Å². The number of carbonyl (C=O) groups excluding carboxylic acids is 4. The van der Waals surface area contributed by atoms with Crippen LogP contribution in [0.15, 0.2) is 0 Å². The largest absolute Gasteiger partial charge is 0.354 e. The van der Waals surface area contributed by atoms with Crippen molar-refractivity contribution in [1.29, 1.82) is 0 Å². The predicted octanol–water partition coefficient (Wildman–Crippen LogP) is 0.592. The molecule has 168 valence electrons. The number of hydrogen-bond acceptors (Lipinski definition) is 4. The van der Waals surface area contributed by atoms with Gasteiger partial charge in [0.2, 0.25) is 17.7 Å². The highest BCUT2D eigenvalue weighted by atomic mass is 16.2. The number of piperidine rings is 1. The molecular formula is C21H35N5O4. The zero-order chi connectivity index (χ0) is 21.7. The number of hydrogen-bond donors (Lipinski definition) is 3. The number of amides is 5. The number of nitrogens with zero attached hydrogens (tertiary/aromatic N) is 2. The minimum atomic E-state index is -0.806. The molecule has 3 aliphatic rings. The maximum absolute atomic E-state index is 13.1. The van der Waals surface area contributed by atoms with E-state index in [2.05, 4.69) is 16.0 Å². The monoisotopic (exact) mass is 421 g/mol. The standard InChI is InChI=1S/C21H35N5O4/c1-14(2)23-21(30)26-12-11-25(20(29)15-7-4-3-5-8-15)13-17(26)19(28)24-16-9-6-10-22-18(16)27/h14-17H,3-13H2,1-2H3,(H,22,27)(H,23,30)(H,24,28). The van der Waals surface area contributed by atoms with Crippen LogP contribution in [0.3, 0.4) is 0 Å². The molecule has 2 atom stereocenters. The van der Waals surface area contributed by atoms with Crippen molar-refractivity contribution in [3.63, 3.8) is 0 Å². The Morgan fingerprint density at radius 2 is 1.77 bits per heavy atom. The Morgan fingerprint density at radius 1 is 1.03 bits per heavy atom. The van der Waals surface area contributed by atoms with Crippen molar-refractivity contribution in [3.05, 3.63) is 0 Å². The lowest BCUT2D eigenvalue weighted by atomic mass is 9.88. The lowest BCUT2D eigenvalue weighted by molar-refractivity contribution is -0.142. The maximum Gasteiger partial charge on any atom is 0.318 e. The molecule has 2 aliphatic heterocycles. The van der Waals surface area contributed by atoms with E-state index in [-0.39, 0.29) is 42.3 Å². The van der Waals surface area contributed by atoms with Gasteiger partial charge in [0.1, 0.15) is 12.1 Å². The van der Waals surface area contributed by atoms with Crippen molar-refractivity contribution >= 4 is 23.8 Å². The van der Waals surface area contributed by atoms with Gasteiger partial charge in [-0.05, 0) is 39.5 Å². The summed E-state index contributed by atoms with van der Waals surface area (Å²) < 4.78 is 0. The van der Waals surface area contributed by atoms with Gasteiger partial charge in [-0.1, -0.05) is 19.3 Å². The van der Waals surface area contributed by atoms with Crippen LogP contribution in [0.25, 0.3) is 0 Å². The van der Waals surface area contributed by atoms with Gasteiger partial charge in [-0.2, -0.15) is 0 Å². The quantitative estimate of drug-likeness (QED) is 0.617. The maximum atomic E-state index is 13.1. The fourth-order valence-corrected chi connectivity index (χ4v) is 4.57. The summed E-state index contributed by atoms with van der Waals surface area (Å²) >= 11 is 0. The first kappa shape index (κ1) is 22.4. The smallest absolute Gasteiger partial charge is 0.318 e. The molecule has 3 N–H and O–H groups in total. The second-order valence-corrected chi connectivity index (χ2v) is 8.93. The minimum Gasteiger partial charge on any atom is -0.354 e. The van der Waals surface area contributed by atoms with E-state index in [4.69, 9.17) is 0 Å². The van der Waals surface area contributed by atoms with Crippen molar-refractivity contribution in [3.8, 4) is 0 Å². The highest BCUT2D eigenvalue weighted by Crippen LogP contribution is 2.26. The molecule has 0 radical (unpaired) electrons. The van der Waals surface area contributed by atoms with Gasteiger partial charge < -0.3 is 25.8 Å². The zero-order valence-corrected chi connectivity index (χ0v) is 18.1. The van der Waals surface area contributed by atoms with Crippen LogP contribution < -0.4 is 16.0 Å². The lowest BCUT2D eigenvalue weighted by Gasteiger charge is -2.42. The summed E-state index contributed by atoms with van der Waals surface area (Å²) in [5.74, 6) is -0.467. The Hall–Kier alpha value is -2.32. The molecule has 9 nitrogen and oxygen atoms in total. The zero-order valence-electron chi connectivity index (χ0n) is 18.1. The van der Waals surface area contributed by atoms with Crippen molar-refractivity contribution in [2.45, 2.75) is 76.9 Å². The van der Waals surface area contributed by atoms with Crippen LogP contribution in [-0.2, 0) is 14.4 Å². The molecule has 0 aromatic rings. The molecule has 1 aliphatic carbocycles. The van der Waals surface area contributed by atoms with Crippen molar-refractivity contribution in [2.24, 2.45) is 5.92 Å². The van der Waals surface area contributed by atoms with Crippen molar-refractivity contribution in [1.82, 2.24) is 25.8 Å². The highest BCUT2D eigenvalue weighted by molar-refractivity contribution is 5.93. The van der Waals surface area contributed by atoms with E-state index in [0.29, 0.717) is 26.1 Å². The third-order valence-corrected chi connectivity index (χ3v) is 6.22. The third kappa shape index (κ3) is 5.43. The molecule has 2 heterocycles. The summed E-state index contributed by atoms with van der Waals surface area (Å²) in [4.78, 5) is 54.2. The summed E-state index contributed by atoms with van der Waals surface area (Å²) in [6.07, 6.45) is 6.46. The van der Waals surface area contributed by atoms with Crippen LogP contribution in [0.2, 0.25) is 0 Å². The number of urea groups is 1. The van der Waals surface area contributed by atoms with E-state index < -0.39 is 12.1 Å². The minimum absolute atomic E-state index is 0.0163. The molecule has 1 saturated carbocycles. The van der Waals surface area contributed by atoms with E-state index in [1.165, 1.54) is 11.3 Å². The Kier molecular flexibility index (Phi) is 7.55. The van der Waals surface area contributed by atoms with Crippen LogP contribution in [0, 0.1) is 5.92 Å². The van der Waals surface area contributed by atoms with Gasteiger partial charge >= 0.3 is 6.03 Å². The van der Waals surface area contributed by atoms with Gasteiger partial charge in [0.05, 0.1) is 6.54 Å². The molecule has 3 rings (SSSR count). The Balaban J connectivity index is 1.71. The van der Waals surface area contributed by atoms with Gasteiger partial charge in [-0.15, -0.1) is 0 Å². The van der Waals surface area contributed by atoms with Gasteiger partial charge in [-0.25, -0.2) is 4.79 Å². The Bertz CT molecular complexity index is 662. The van der Waals surface area contributed by atoms with Crippen LogP contribution in [-0.4, -0.2) is 77.9 Å². The van der Waals surface area contributed by atoms with Gasteiger partial charge in [0.25, 0.3) is 0 Å². The Morgan fingerprint density at radius 3 is 2.43 bits per heavy atom. The van der Waals surface area contributed by atoms with Crippen LogP contribution in [0.1, 0.15) is 58.8 Å². The fourth-order valence-electron chi connectivity index (χ4n) is 4.57. The van der Waals surface area contributed by atoms with E-state index >= 15 is 0 Å². The van der Waals surface area contributed by atoms with E-state index in [0.717, 1.165) is 32.1 Å². The average Bonchev–Trinajstić information content (AvgIpc) is 2.74. The molecule has 0 spiro atoms. The van der Waals surface area contributed by atoms with E-state index in [9.17, 15) is 19.2 Å². The summed E-state index contributed by atoms with van der Waals surface area (Å²) in [6, 6.07) is -1.78. The first-order valence-electron chi connectivity index (χ1n) is 11.3. The lowest BCUT2D eigenvalue weighted by Crippen LogP contribution is -2.65. The molecule has 9 heteroatoms. The third-order valence-electron chi connectivity index (χ3n) is 6.22. The number of rotatable bonds is 4. The molecule has 2 unspecified atom stereocenters. The summed E-state index contributed by atoms with van der Waals surface area (Å²) in [7, 11) is 0. The number of carbonyl (C=O) groups is 4. The number of nitrogens with one attached hydrogen (secondary N) is 3. The molecule has 0 aromatic carbocycles. The van der Waals surface area contributed by atoms with E-state index in [1.807, 2.05) is 13.8 Å². The van der Waals surface area contributed by atoms with Gasteiger partial charge in [-0.3, -0.25) is 14.4 Å².